The molecule has 7 nitrogen and oxygen atoms in total. The van der Waals surface area contributed by atoms with Gasteiger partial charge in [-0.05, 0) is 11.6 Å². The van der Waals surface area contributed by atoms with Gasteiger partial charge in [0.25, 0.3) is 0 Å². The number of nitrogens with one attached hydrogen (secondary N) is 1. The van der Waals surface area contributed by atoms with Crippen LogP contribution in [0.1, 0.15) is 5.56 Å². The lowest BCUT2D eigenvalue weighted by Gasteiger charge is -2.35. The van der Waals surface area contributed by atoms with Crippen molar-refractivity contribution in [1.82, 2.24) is 19.2 Å². The van der Waals surface area contributed by atoms with Crippen molar-refractivity contribution in [3.63, 3.8) is 0 Å². The number of benzene rings is 1. The largest absolute Gasteiger partial charge is 0.367 e. The van der Waals surface area contributed by atoms with E-state index >= 15 is 0 Å². The average Bonchev–Trinajstić information content (AvgIpc) is 3.48. The molecule has 0 atom stereocenters. The molecule has 5 rings (SSSR count). The van der Waals surface area contributed by atoms with Gasteiger partial charge < -0.3 is 19.7 Å². The van der Waals surface area contributed by atoms with Crippen molar-refractivity contribution < 1.29 is 0 Å². The molecule has 2 saturated heterocycles. The van der Waals surface area contributed by atoms with E-state index in [0.717, 1.165) is 70.0 Å². The van der Waals surface area contributed by atoms with Gasteiger partial charge in [0, 0.05) is 82.8 Å². The highest BCUT2D eigenvalue weighted by Gasteiger charge is 2.24. The zero-order valence-electron chi connectivity index (χ0n) is 16.6. The first kappa shape index (κ1) is 18.4. The van der Waals surface area contributed by atoms with E-state index < -0.39 is 0 Å². The number of aromatic amines is 1. The summed E-state index contributed by atoms with van der Waals surface area (Å²) in [6.45, 7) is 9.13. The third kappa shape index (κ3) is 4.23. The van der Waals surface area contributed by atoms with E-state index in [1.54, 1.807) is 0 Å². The minimum Gasteiger partial charge on any atom is -0.367 e. The van der Waals surface area contributed by atoms with Crippen molar-refractivity contribution >= 4 is 28.3 Å². The van der Waals surface area contributed by atoms with Gasteiger partial charge in [0.05, 0.1) is 5.69 Å². The molecule has 8 heteroatoms. The van der Waals surface area contributed by atoms with E-state index in [2.05, 4.69) is 71.6 Å². The maximum Gasteiger partial charge on any atom is 0.239 e. The van der Waals surface area contributed by atoms with E-state index in [1.807, 2.05) is 6.20 Å². The van der Waals surface area contributed by atoms with Crippen LogP contribution in [0.2, 0.25) is 0 Å². The fourth-order valence-corrected chi connectivity index (χ4v) is 4.82. The third-order valence-electron chi connectivity index (χ3n) is 5.81. The number of hydrogen-bond donors (Lipinski definition) is 1. The Balaban J connectivity index is 1.13. The molecule has 0 saturated carbocycles. The van der Waals surface area contributed by atoms with Gasteiger partial charge in [-0.2, -0.15) is 9.36 Å². The lowest BCUT2D eigenvalue weighted by molar-refractivity contribution is 0.249. The van der Waals surface area contributed by atoms with Crippen molar-refractivity contribution in [3.8, 4) is 0 Å². The summed E-state index contributed by atoms with van der Waals surface area (Å²) in [6, 6.07) is 12.9. The summed E-state index contributed by atoms with van der Waals surface area (Å²) in [5.74, 6) is 0.900. The number of anilines is 3. The molecule has 1 aromatic carbocycles. The monoisotopic (exact) mass is 409 g/mol. The molecule has 152 valence electrons. The van der Waals surface area contributed by atoms with Gasteiger partial charge in [0.1, 0.15) is 0 Å². The Hall–Kier alpha value is -2.58. The smallest absolute Gasteiger partial charge is 0.239 e. The van der Waals surface area contributed by atoms with Gasteiger partial charge in [-0.3, -0.25) is 4.90 Å². The molecule has 2 aromatic heterocycles. The molecule has 0 amide bonds. The molecule has 0 spiro atoms. The maximum atomic E-state index is 4.87. The molecule has 0 unspecified atom stereocenters. The Kier molecular flexibility index (Phi) is 5.36. The Labute approximate surface area is 175 Å². The highest BCUT2D eigenvalue weighted by molar-refractivity contribution is 7.09. The number of aromatic nitrogens is 3. The molecular weight excluding hydrogens is 382 g/mol. The summed E-state index contributed by atoms with van der Waals surface area (Å²) in [5, 5.41) is 1.06. The number of piperazine rings is 2. The lowest BCUT2D eigenvalue weighted by atomic mass is 10.2. The molecule has 0 aliphatic carbocycles. The summed E-state index contributed by atoms with van der Waals surface area (Å²) in [4.78, 5) is 17.6. The zero-order valence-corrected chi connectivity index (χ0v) is 17.4. The zero-order chi connectivity index (χ0) is 19.5. The first-order valence-corrected chi connectivity index (χ1v) is 11.1. The van der Waals surface area contributed by atoms with Gasteiger partial charge in [-0.15, -0.1) is 0 Å². The lowest BCUT2D eigenvalue weighted by Crippen LogP contribution is -2.47. The number of rotatable bonds is 5. The summed E-state index contributed by atoms with van der Waals surface area (Å²) in [5.41, 5.74) is 2.66. The van der Waals surface area contributed by atoms with Crippen LogP contribution in [0.25, 0.3) is 0 Å². The van der Waals surface area contributed by atoms with Gasteiger partial charge in [-0.1, -0.05) is 30.3 Å². The second-order valence-electron chi connectivity index (χ2n) is 7.67. The molecule has 4 heterocycles. The second-order valence-corrected chi connectivity index (χ2v) is 8.40. The van der Waals surface area contributed by atoms with Crippen LogP contribution in [0, 0.1) is 0 Å². The van der Waals surface area contributed by atoms with Gasteiger partial charge in [-0.25, -0.2) is 0 Å². The Morgan fingerprint density at radius 2 is 1.55 bits per heavy atom. The van der Waals surface area contributed by atoms with Crippen LogP contribution in [0.15, 0.2) is 48.8 Å². The van der Waals surface area contributed by atoms with Gasteiger partial charge >= 0.3 is 0 Å². The van der Waals surface area contributed by atoms with Crippen molar-refractivity contribution in [2.45, 2.75) is 6.54 Å². The molecule has 3 aromatic rings. The molecular formula is C21H27N7S. The topological polar surface area (TPSA) is 54.5 Å². The molecule has 0 bridgehead atoms. The van der Waals surface area contributed by atoms with Crippen LogP contribution in [0.3, 0.4) is 0 Å². The minimum absolute atomic E-state index is 0.900. The van der Waals surface area contributed by atoms with Crippen LogP contribution in [-0.4, -0.2) is 71.6 Å². The summed E-state index contributed by atoms with van der Waals surface area (Å²) in [7, 11) is 0. The molecule has 0 radical (unpaired) electrons. The van der Waals surface area contributed by atoms with Gasteiger partial charge in [0.2, 0.25) is 11.1 Å². The fraction of sp³-hybridized carbons (Fsp3) is 0.429. The minimum atomic E-state index is 0.900. The van der Waals surface area contributed by atoms with Crippen LogP contribution < -0.4 is 14.7 Å². The van der Waals surface area contributed by atoms with Crippen molar-refractivity contribution in [2.24, 2.45) is 0 Å². The predicted molar refractivity (Wildman–Crippen MR) is 119 cm³/mol. The van der Waals surface area contributed by atoms with Gasteiger partial charge in [0.15, 0.2) is 0 Å². The van der Waals surface area contributed by atoms with Crippen LogP contribution in [0.4, 0.5) is 16.8 Å². The van der Waals surface area contributed by atoms with Crippen LogP contribution >= 0.6 is 11.5 Å². The summed E-state index contributed by atoms with van der Waals surface area (Å²) < 4.78 is 4.67. The number of nitrogens with zero attached hydrogens (tertiary/aromatic N) is 6. The average molecular weight is 410 g/mol. The molecule has 1 N–H and O–H groups in total. The number of H-pyrrole nitrogens is 1. The van der Waals surface area contributed by atoms with E-state index in [4.69, 9.17) is 4.98 Å². The highest BCUT2D eigenvalue weighted by Crippen LogP contribution is 2.25. The number of hydrogen-bond acceptors (Lipinski definition) is 7. The standard InChI is InChI=1S/C21H27N7S/c1-2-4-18(5-3-1)17-25-8-10-27(11-9-25)20-23-21(29-24-20)28-14-12-26(13-15-28)19-6-7-22-16-19/h1-7,16,22H,8-15,17H2. The van der Waals surface area contributed by atoms with E-state index in [-0.39, 0.29) is 0 Å². The maximum absolute atomic E-state index is 4.87. The van der Waals surface area contributed by atoms with Crippen LogP contribution in [0.5, 0.6) is 0 Å². The van der Waals surface area contributed by atoms with Crippen LogP contribution in [-0.2, 0) is 6.54 Å². The van der Waals surface area contributed by atoms with Crippen molar-refractivity contribution in [3.05, 3.63) is 54.4 Å². The fourth-order valence-electron chi connectivity index (χ4n) is 4.08. The first-order chi connectivity index (χ1) is 14.3. The Morgan fingerprint density at radius 1 is 0.828 bits per heavy atom. The first-order valence-electron chi connectivity index (χ1n) is 10.3. The third-order valence-corrected chi connectivity index (χ3v) is 6.57. The molecule has 2 aliphatic rings. The normalized spacial score (nSPS) is 18.4. The Morgan fingerprint density at radius 3 is 2.28 bits per heavy atom. The van der Waals surface area contributed by atoms with E-state index in [0.29, 0.717) is 0 Å². The predicted octanol–water partition coefficient (Wildman–Crippen LogP) is 2.52. The van der Waals surface area contributed by atoms with E-state index in [1.165, 1.54) is 22.8 Å². The Bertz CT molecular complexity index is 879. The summed E-state index contributed by atoms with van der Waals surface area (Å²) in [6.07, 6.45) is 4.05. The highest BCUT2D eigenvalue weighted by atomic mass is 32.1. The SMILES string of the molecule is c1ccc(CN2CCN(c3nsc(N4CCN(c5cc[nH]c5)CC4)n3)CC2)cc1. The molecule has 2 aliphatic heterocycles. The quantitative estimate of drug-likeness (QED) is 0.699. The van der Waals surface area contributed by atoms with E-state index in [9.17, 15) is 0 Å². The molecule has 2 fully saturated rings. The second kappa shape index (κ2) is 8.42. The van der Waals surface area contributed by atoms with Crippen molar-refractivity contribution in [2.75, 3.05) is 67.1 Å². The molecule has 29 heavy (non-hydrogen) atoms. The summed E-state index contributed by atoms with van der Waals surface area (Å²) >= 11 is 1.54. The van der Waals surface area contributed by atoms with Crippen molar-refractivity contribution in [1.29, 1.82) is 0 Å².